The molecule has 168 valence electrons. The van der Waals surface area contributed by atoms with Crippen molar-refractivity contribution in [3.63, 3.8) is 0 Å². The highest BCUT2D eigenvalue weighted by Gasteiger charge is 2.14. The number of rotatable bonds is 5. The molecular weight excluding hydrogens is 422 g/mol. The van der Waals surface area contributed by atoms with Gasteiger partial charge in [0.1, 0.15) is 0 Å². The van der Waals surface area contributed by atoms with Gasteiger partial charge in [-0.05, 0) is 81.1 Å². The lowest BCUT2D eigenvalue weighted by molar-refractivity contribution is 1.14. The monoisotopic (exact) mass is 449 g/mol. The number of fused-ring (bicyclic) bond motifs is 3. The summed E-state index contributed by atoms with van der Waals surface area (Å²) in [5, 5.41) is 5.08. The summed E-state index contributed by atoms with van der Waals surface area (Å²) in [6.45, 7) is 2.20. The van der Waals surface area contributed by atoms with Crippen molar-refractivity contribution in [2.45, 2.75) is 13.3 Å². The average molecular weight is 450 g/mol. The van der Waals surface area contributed by atoms with Crippen molar-refractivity contribution in [2.24, 2.45) is 0 Å². The Bertz CT molecular complexity index is 1600. The van der Waals surface area contributed by atoms with Crippen LogP contribution < -0.4 is 4.90 Å². The molecule has 0 aliphatic rings. The molecule has 0 fully saturated rings. The molecule has 0 heterocycles. The van der Waals surface area contributed by atoms with Crippen LogP contribution >= 0.6 is 0 Å². The van der Waals surface area contributed by atoms with E-state index in [9.17, 15) is 0 Å². The highest BCUT2D eigenvalue weighted by atomic mass is 15.1. The fourth-order valence-electron chi connectivity index (χ4n) is 4.89. The van der Waals surface area contributed by atoms with E-state index >= 15 is 0 Å². The van der Waals surface area contributed by atoms with Crippen molar-refractivity contribution in [3.05, 3.63) is 139 Å². The molecule has 0 aliphatic heterocycles. The molecule has 6 aromatic carbocycles. The Morgan fingerprint density at radius 3 is 1.71 bits per heavy atom. The molecule has 0 aromatic heterocycles. The van der Waals surface area contributed by atoms with Crippen LogP contribution in [0.1, 0.15) is 12.5 Å². The minimum atomic E-state index is 1.04. The Labute approximate surface area is 206 Å². The van der Waals surface area contributed by atoms with E-state index < -0.39 is 0 Å². The lowest BCUT2D eigenvalue weighted by Crippen LogP contribution is -2.10. The zero-order valence-electron chi connectivity index (χ0n) is 19.9. The van der Waals surface area contributed by atoms with Crippen molar-refractivity contribution < 1.29 is 0 Å². The van der Waals surface area contributed by atoms with Gasteiger partial charge in [-0.25, -0.2) is 0 Å². The third-order valence-electron chi connectivity index (χ3n) is 6.82. The third-order valence-corrected chi connectivity index (χ3v) is 6.82. The molecule has 6 rings (SSSR count). The third kappa shape index (κ3) is 4.06. The second-order valence-corrected chi connectivity index (χ2v) is 8.96. The van der Waals surface area contributed by atoms with Gasteiger partial charge in [0.25, 0.3) is 0 Å². The summed E-state index contributed by atoms with van der Waals surface area (Å²) in [4.78, 5) is 2.36. The number of nitrogens with zero attached hydrogens (tertiary/aromatic N) is 1. The highest BCUT2D eigenvalue weighted by molar-refractivity contribution is 6.08. The molecule has 0 spiro atoms. The first kappa shape index (κ1) is 21.2. The Hall–Kier alpha value is -4.36. The first-order chi connectivity index (χ1) is 17.3. The van der Waals surface area contributed by atoms with Gasteiger partial charge in [0.15, 0.2) is 0 Å². The van der Waals surface area contributed by atoms with Gasteiger partial charge in [-0.1, -0.05) is 104 Å². The number of aryl methyl sites for hydroxylation is 1. The Kier molecular flexibility index (Phi) is 5.52. The lowest BCUT2D eigenvalue weighted by atomic mass is 10.0. The van der Waals surface area contributed by atoms with Gasteiger partial charge in [-0.3, -0.25) is 0 Å². The summed E-state index contributed by atoms with van der Waals surface area (Å²) in [6.07, 6.45) is 1.04. The fourth-order valence-corrected chi connectivity index (χ4v) is 4.89. The maximum atomic E-state index is 2.36. The molecule has 0 saturated heterocycles. The average Bonchev–Trinajstić information content (AvgIpc) is 2.94. The Balaban J connectivity index is 1.50. The highest BCUT2D eigenvalue weighted by Crippen LogP contribution is 2.38. The minimum Gasteiger partial charge on any atom is -0.310 e. The van der Waals surface area contributed by atoms with Gasteiger partial charge in [-0.15, -0.1) is 0 Å². The molecule has 0 amide bonds. The summed E-state index contributed by atoms with van der Waals surface area (Å²) in [5.74, 6) is 0. The Morgan fingerprint density at radius 2 is 1.00 bits per heavy atom. The summed E-state index contributed by atoms with van der Waals surface area (Å²) >= 11 is 0. The van der Waals surface area contributed by atoms with Gasteiger partial charge in [-0.2, -0.15) is 0 Å². The molecule has 0 unspecified atom stereocenters. The van der Waals surface area contributed by atoms with Crippen LogP contribution in [0.4, 0.5) is 17.1 Å². The predicted octanol–water partition coefficient (Wildman–Crippen LogP) is 9.69. The van der Waals surface area contributed by atoms with E-state index in [1.165, 1.54) is 38.2 Å². The zero-order valence-corrected chi connectivity index (χ0v) is 19.9. The molecule has 0 saturated carbocycles. The SMILES string of the molecule is CCc1ccc(N(c2ccc(-c3ccccc3)cc2)c2ccc3ccc4ccccc4c3c2)cc1. The molecule has 0 N–H and O–H groups in total. The molecular formula is C34H27N. The van der Waals surface area contributed by atoms with Crippen LogP contribution in [0.2, 0.25) is 0 Å². The van der Waals surface area contributed by atoms with Crippen molar-refractivity contribution >= 4 is 38.6 Å². The molecule has 0 atom stereocenters. The van der Waals surface area contributed by atoms with Crippen LogP contribution in [-0.2, 0) is 6.42 Å². The van der Waals surface area contributed by atoms with E-state index in [4.69, 9.17) is 0 Å². The van der Waals surface area contributed by atoms with Crippen LogP contribution in [0.5, 0.6) is 0 Å². The van der Waals surface area contributed by atoms with Crippen molar-refractivity contribution in [2.75, 3.05) is 4.90 Å². The largest absolute Gasteiger partial charge is 0.310 e. The smallest absolute Gasteiger partial charge is 0.0468 e. The van der Waals surface area contributed by atoms with Crippen molar-refractivity contribution in [1.82, 2.24) is 0 Å². The van der Waals surface area contributed by atoms with Gasteiger partial charge < -0.3 is 4.90 Å². The number of benzene rings is 6. The van der Waals surface area contributed by atoms with Crippen LogP contribution in [-0.4, -0.2) is 0 Å². The van der Waals surface area contributed by atoms with Gasteiger partial charge >= 0.3 is 0 Å². The molecule has 6 aromatic rings. The van der Waals surface area contributed by atoms with Crippen LogP contribution in [0, 0.1) is 0 Å². The lowest BCUT2D eigenvalue weighted by Gasteiger charge is -2.26. The molecule has 1 nitrogen and oxygen atoms in total. The van der Waals surface area contributed by atoms with Crippen LogP contribution in [0.15, 0.2) is 133 Å². The minimum absolute atomic E-state index is 1.04. The van der Waals surface area contributed by atoms with E-state index in [1.807, 2.05) is 0 Å². The zero-order chi connectivity index (χ0) is 23.6. The quantitative estimate of drug-likeness (QED) is 0.237. The molecule has 0 bridgehead atoms. The topological polar surface area (TPSA) is 3.24 Å². The van der Waals surface area contributed by atoms with E-state index in [1.54, 1.807) is 0 Å². The fraction of sp³-hybridized carbons (Fsp3) is 0.0588. The summed E-state index contributed by atoms with van der Waals surface area (Å²) in [6, 6.07) is 48.2. The van der Waals surface area contributed by atoms with Gasteiger partial charge in [0, 0.05) is 17.1 Å². The van der Waals surface area contributed by atoms with Crippen LogP contribution in [0.25, 0.3) is 32.7 Å². The van der Waals surface area contributed by atoms with Crippen LogP contribution in [0.3, 0.4) is 0 Å². The molecule has 35 heavy (non-hydrogen) atoms. The van der Waals surface area contributed by atoms with E-state index in [0.29, 0.717) is 0 Å². The summed E-state index contributed by atoms with van der Waals surface area (Å²) in [5.41, 5.74) is 7.26. The number of hydrogen-bond donors (Lipinski definition) is 0. The summed E-state index contributed by atoms with van der Waals surface area (Å²) in [7, 11) is 0. The van der Waals surface area contributed by atoms with Gasteiger partial charge in [0.2, 0.25) is 0 Å². The van der Waals surface area contributed by atoms with Crippen molar-refractivity contribution in [3.8, 4) is 11.1 Å². The first-order valence-corrected chi connectivity index (χ1v) is 12.3. The standard InChI is InChI=1S/C34H27N/c1-2-25-12-19-30(20-13-25)35(31-21-16-27(17-22-31)26-8-4-3-5-9-26)32-23-18-29-15-14-28-10-6-7-11-33(28)34(29)24-32/h3-24H,2H2,1H3. The molecule has 0 radical (unpaired) electrons. The number of anilines is 3. The molecule has 1 heteroatoms. The van der Waals surface area contributed by atoms with E-state index in [2.05, 4.69) is 145 Å². The van der Waals surface area contributed by atoms with E-state index in [-0.39, 0.29) is 0 Å². The number of hydrogen-bond acceptors (Lipinski definition) is 1. The normalized spacial score (nSPS) is 11.1. The maximum Gasteiger partial charge on any atom is 0.0468 e. The maximum absolute atomic E-state index is 2.36. The Morgan fingerprint density at radius 1 is 0.457 bits per heavy atom. The second kappa shape index (κ2) is 9.12. The summed E-state index contributed by atoms with van der Waals surface area (Å²) < 4.78 is 0. The first-order valence-electron chi connectivity index (χ1n) is 12.3. The van der Waals surface area contributed by atoms with Gasteiger partial charge in [0.05, 0.1) is 0 Å². The molecule has 0 aliphatic carbocycles. The van der Waals surface area contributed by atoms with Crippen molar-refractivity contribution in [1.29, 1.82) is 0 Å². The predicted molar refractivity (Wildman–Crippen MR) is 151 cm³/mol. The second-order valence-electron chi connectivity index (χ2n) is 8.96. The van der Waals surface area contributed by atoms with E-state index in [0.717, 1.165) is 23.5 Å².